The molecule has 102 valence electrons. The van der Waals surface area contributed by atoms with Crippen molar-refractivity contribution >= 4 is 5.97 Å². The van der Waals surface area contributed by atoms with Crippen LogP contribution < -0.4 is 5.73 Å². The highest BCUT2D eigenvalue weighted by Gasteiger charge is 2.29. The molecule has 0 radical (unpaired) electrons. The second-order valence-electron chi connectivity index (χ2n) is 5.81. The van der Waals surface area contributed by atoms with Crippen LogP contribution in [0.15, 0.2) is 0 Å². The molecule has 0 bridgehead atoms. The molecule has 0 saturated carbocycles. The molecule has 0 saturated heterocycles. The molecule has 0 aliphatic heterocycles. The third-order valence-electron chi connectivity index (χ3n) is 2.50. The van der Waals surface area contributed by atoms with Crippen LogP contribution >= 0.6 is 0 Å². The highest BCUT2D eigenvalue weighted by Crippen LogP contribution is 2.18. The van der Waals surface area contributed by atoms with Gasteiger partial charge in [-0.15, -0.1) is 0 Å². The molecule has 0 fully saturated rings. The maximum Gasteiger partial charge on any atom is 0.325 e. The number of carbonyl (C=O) groups excluding carboxylic acids is 1. The normalized spacial score (nSPS) is 15.4. The van der Waals surface area contributed by atoms with Crippen LogP contribution in [0.2, 0.25) is 0 Å². The van der Waals surface area contributed by atoms with Crippen LogP contribution in [0.1, 0.15) is 47.5 Å². The number of hydrogen-bond donors (Lipinski definition) is 1. The highest BCUT2D eigenvalue weighted by molar-refractivity contribution is 5.79. The first-order valence-electron chi connectivity index (χ1n) is 6.23. The zero-order valence-corrected chi connectivity index (χ0v) is 11.8. The van der Waals surface area contributed by atoms with Gasteiger partial charge in [0.1, 0.15) is 5.54 Å². The van der Waals surface area contributed by atoms with Gasteiger partial charge in [0, 0.05) is 13.2 Å². The van der Waals surface area contributed by atoms with Gasteiger partial charge in [-0.3, -0.25) is 4.79 Å². The fourth-order valence-corrected chi connectivity index (χ4v) is 1.16. The number of esters is 1. The zero-order valence-electron chi connectivity index (χ0n) is 11.8. The number of rotatable bonds is 7. The third-order valence-corrected chi connectivity index (χ3v) is 2.50. The largest absolute Gasteiger partial charge is 0.465 e. The van der Waals surface area contributed by atoms with Gasteiger partial charge >= 0.3 is 5.97 Å². The SMILES string of the molecule is CCOC(=O)C(C)(N)CCOCCC(C)(C)C. The number of hydrogen-bond acceptors (Lipinski definition) is 4. The first-order chi connectivity index (χ1) is 7.69. The van der Waals surface area contributed by atoms with Gasteiger partial charge in [0.05, 0.1) is 6.61 Å². The van der Waals surface area contributed by atoms with Crippen molar-refractivity contribution < 1.29 is 14.3 Å². The summed E-state index contributed by atoms with van der Waals surface area (Å²) in [4.78, 5) is 11.5. The van der Waals surface area contributed by atoms with Gasteiger partial charge in [0.25, 0.3) is 0 Å². The molecule has 4 nitrogen and oxygen atoms in total. The van der Waals surface area contributed by atoms with E-state index in [2.05, 4.69) is 20.8 Å². The van der Waals surface area contributed by atoms with E-state index in [9.17, 15) is 4.79 Å². The predicted octanol–water partition coefficient (Wildman–Crippen LogP) is 2.11. The Balaban J connectivity index is 3.76. The maximum absolute atomic E-state index is 11.5. The number of carbonyl (C=O) groups is 1. The molecule has 0 aromatic rings. The van der Waals surface area contributed by atoms with Crippen LogP contribution in [0.25, 0.3) is 0 Å². The summed E-state index contributed by atoms with van der Waals surface area (Å²) in [6.07, 6.45) is 1.48. The molecule has 0 rings (SSSR count). The summed E-state index contributed by atoms with van der Waals surface area (Å²) >= 11 is 0. The Morgan fingerprint density at radius 3 is 2.12 bits per heavy atom. The molecule has 0 spiro atoms. The molecule has 0 aromatic heterocycles. The van der Waals surface area contributed by atoms with Crippen LogP contribution in [-0.2, 0) is 14.3 Å². The van der Waals surface area contributed by atoms with Crippen molar-refractivity contribution in [3.05, 3.63) is 0 Å². The van der Waals surface area contributed by atoms with E-state index in [0.29, 0.717) is 26.2 Å². The standard InChI is InChI=1S/C13H27NO3/c1-6-17-11(15)13(5,14)8-10-16-9-7-12(2,3)4/h6-10,14H2,1-5H3. The van der Waals surface area contributed by atoms with Gasteiger partial charge in [-0.05, 0) is 32.1 Å². The minimum absolute atomic E-state index is 0.271. The van der Waals surface area contributed by atoms with Crippen LogP contribution in [-0.4, -0.2) is 31.3 Å². The van der Waals surface area contributed by atoms with E-state index >= 15 is 0 Å². The second kappa shape index (κ2) is 6.97. The van der Waals surface area contributed by atoms with E-state index in [4.69, 9.17) is 15.2 Å². The number of ether oxygens (including phenoxy) is 2. The lowest BCUT2D eigenvalue weighted by Gasteiger charge is -2.22. The smallest absolute Gasteiger partial charge is 0.325 e. The Morgan fingerprint density at radius 2 is 1.65 bits per heavy atom. The fraction of sp³-hybridized carbons (Fsp3) is 0.923. The molecule has 0 amide bonds. The summed E-state index contributed by atoms with van der Waals surface area (Å²) in [5.41, 5.74) is 5.18. The van der Waals surface area contributed by atoms with Crippen LogP contribution in [0, 0.1) is 5.41 Å². The van der Waals surface area contributed by atoms with Crippen molar-refractivity contribution in [1.82, 2.24) is 0 Å². The lowest BCUT2D eigenvalue weighted by molar-refractivity contribution is -0.149. The van der Waals surface area contributed by atoms with Crippen molar-refractivity contribution in [3.63, 3.8) is 0 Å². The van der Waals surface area contributed by atoms with E-state index in [1.54, 1.807) is 13.8 Å². The molecular weight excluding hydrogens is 218 g/mol. The van der Waals surface area contributed by atoms with Gasteiger partial charge in [0.15, 0.2) is 0 Å². The van der Waals surface area contributed by atoms with Gasteiger partial charge in [-0.1, -0.05) is 20.8 Å². The Hall–Kier alpha value is -0.610. The maximum atomic E-state index is 11.5. The van der Waals surface area contributed by atoms with E-state index in [1.165, 1.54) is 0 Å². The molecular formula is C13H27NO3. The van der Waals surface area contributed by atoms with Crippen molar-refractivity contribution in [1.29, 1.82) is 0 Å². The van der Waals surface area contributed by atoms with Crippen LogP contribution in [0.5, 0.6) is 0 Å². The Kier molecular flexibility index (Phi) is 6.72. The fourth-order valence-electron chi connectivity index (χ4n) is 1.16. The summed E-state index contributed by atoms with van der Waals surface area (Å²) in [6.45, 7) is 11.5. The van der Waals surface area contributed by atoms with Crippen molar-refractivity contribution in [2.45, 2.75) is 53.0 Å². The van der Waals surface area contributed by atoms with E-state index in [1.807, 2.05) is 0 Å². The molecule has 4 heteroatoms. The lowest BCUT2D eigenvalue weighted by Crippen LogP contribution is -2.47. The van der Waals surface area contributed by atoms with E-state index in [0.717, 1.165) is 6.42 Å². The van der Waals surface area contributed by atoms with Gasteiger partial charge in [0.2, 0.25) is 0 Å². The highest BCUT2D eigenvalue weighted by atomic mass is 16.5. The quantitative estimate of drug-likeness (QED) is 0.551. The van der Waals surface area contributed by atoms with Crippen LogP contribution in [0.4, 0.5) is 0 Å². The topological polar surface area (TPSA) is 61.5 Å². The van der Waals surface area contributed by atoms with E-state index < -0.39 is 5.54 Å². The minimum Gasteiger partial charge on any atom is -0.465 e. The molecule has 0 aliphatic rings. The molecule has 17 heavy (non-hydrogen) atoms. The van der Waals surface area contributed by atoms with Crippen molar-refractivity contribution in [3.8, 4) is 0 Å². The van der Waals surface area contributed by atoms with E-state index in [-0.39, 0.29) is 11.4 Å². The first-order valence-corrected chi connectivity index (χ1v) is 6.23. The molecule has 2 N–H and O–H groups in total. The summed E-state index contributed by atoms with van der Waals surface area (Å²) in [6, 6.07) is 0. The average molecular weight is 245 g/mol. The Morgan fingerprint density at radius 1 is 1.12 bits per heavy atom. The molecule has 0 aromatic carbocycles. The minimum atomic E-state index is -0.947. The zero-order chi connectivity index (χ0) is 13.5. The molecule has 0 aliphatic carbocycles. The third kappa shape index (κ3) is 8.16. The van der Waals surface area contributed by atoms with Gasteiger partial charge < -0.3 is 15.2 Å². The Labute approximate surface area is 105 Å². The Bertz CT molecular complexity index is 231. The average Bonchev–Trinajstić information content (AvgIpc) is 2.15. The molecule has 1 atom stereocenters. The van der Waals surface area contributed by atoms with Crippen molar-refractivity contribution in [2.24, 2.45) is 11.1 Å². The van der Waals surface area contributed by atoms with Gasteiger partial charge in [-0.2, -0.15) is 0 Å². The van der Waals surface area contributed by atoms with Crippen molar-refractivity contribution in [2.75, 3.05) is 19.8 Å². The number of nitrogens with two attached hydrogens (primary N) is 1. The van der Waals surface area contributed by atoms with Gasteiger partial charge in [-0.25, -0.2) is 0 Å². The second-order valence-corrected chi connectivity index (χ2v) is 5.81. The first kappa shape index (κ1) is 16.4. The molecule has 0 heterocycles. The van der Waals surface area contributed by atoms with Crippen LogP contribution in [0.3, 0.4) is 0 Å². The summed E-state index contributed by atoms with van der Waals surface area (Å²) in [7, 11) is 0. The predicted molar refractivity (Wildman–Crippen MR) is 68.7 cm³/mol. The molecule has 1 unspecified atom stereocenters. The summed E-state index contributed by atoms with van der Waals surface area (Å²) in [5, 5.41) is 0. The summed E-state index contributed by atoms with van der Waals surface area (Å²) in [5.74, 6) is -0.362. The summed E-state index contributed by atoms with van der Waals surface area (Å²) < 4.78 is 10.4. The monoisotopic (exact) mass is 245 g/mol. The lowest BCUT2D eigenvalue weighted by atomic mass is 9.93.